The lowest BCUT2D eigenvalue weighted by molar-refractivity contribution is 0.0802. The van der Waals surface area contributed by atoms with Gasteiger partial charge in [-0.05, 0) is 30.7 Å². The molecule has 0 aromatic heterocycles. The van der Waals surface area contributed by atoms with E-state index >= 15 is 0 Å². The first-order valence-corrected chi connectivity index (χ1v) is 6.61. The Morgan fingerprint density at radius 3 is 2.67 bits per heavy atom. The largest absolute Gasteiger partial charge is 0.487 e. The van der Waals surface area contributed by atoms with E-state index in [1.165, 1.54) is 0 Å². The zero-order valence-electron chi connectivity index (χ0n) is 11.3. The van der Waals surface area contributed by atoms with E-state index in [0.29, 0.717) is 17.5 Å². The molecule has 1 atom stereocenters. The molecular formula is C14H22ClNO2. The van der Waals surface area contributed by atoms with Crippen LogP contribution in [0.1, 0.15) is 13.8 Å². The van der Waals surface area contributed by atoms with Crippen LogP contribution in [0.15, 0.2) is 24.3 Å². The van der Waals surface area contributed by atoms with Gasteiger partial charge in [0.15, 0.2) is 0 Å². The first-order chi connectivity index (χ1) is 8.61. The maximum Gasteiger partial charge on any atom is 0.134 e. The summed E-state index contributed by atoms with van der Waals surface area (Å²) in [7, 11) is 1.68. The molecule has 1 aromatic rings. The Labute approximate surface area is 114 Å². The predicted molar refractivity (Wildman–Crippen MR) is 75.5 cm³/mol. The van der Waals surface area contributed by atoms with Gasteiger partial charge in [-0.3, -0.25) is 0 Å². The van der Waals surface area contributed by atoms with Gasteiger partial charge in [-0.15, -0.1) is 0 Å². The van der Waals surface area contributed by atoms with E-state index in [1.807, 2.05) is 24.3 Å². The second-order valence-corrected chi connectivity index (χ2v) is 5.14. The fourth-order valence-corrected chi connectivity index (χ4v) is 1.77. The van der Waals surface area contributed by atoms with E-state index in [2.05, 4.69) is 19.2 Å². The van der Waals surface area contributed by atoms with Gasteiger partial charge in [0.2, 0.25) is 0 Å². The van der Waals surface area contributed by atoms with Gasteiger partial charge in [0.05, 0.1) is 6.61 Å². The van der Waals surface area contributed by atoms with Crippen LogP contribution in [-0.2, 0) is 4.74 Å². The molecule has 0 aliphatic heterocycles. The molecule has 18 heavy (non-hydrogen) atoms. The third-order valence-electron chi connectivity index (χ3n) is 2.38. The summed E-state index contributed by atoms with van der Waals surface area (Å²) >= 11 is 5.92. The molecule has 0 aliphatic rings. The average molecular weight is 272 g/mol. The number of hydrogen-bond donors (Lipinski definition) is 1. The van der Waals surface area contributed by atoms with Gasteiger partial charge in [0.25, 0.3) is 0 Å². The summed E-state index contributed by atoms with van der Waals surface area (Å²) in [6, 6.07) is 7.42. The third kappa shape index (κ3) is 6.24. The van der Waals surface area contributed by atoms with Crippen LogP contribution in [0, 0.1) is 5.92 Å². The number of halogens is 1. The normalized spacial score (nSPS) is 12.7. The van der Waals surface area contributed by atoms with Crippen LogP contribution in [0.25, 0.3) is 0 Å². The van der Waals surface area contributed by atoms with Crippen molar-refractivity contribution >= 4 is 11.6 Å². The smallest absolute Gasteiger partial charge is 0.134 e. The fourth-order valence-electron chi connectivity index (χ4n) is 1.59. The summed E-state index contributed by atoms with van der Waals surface area (Å²) in [5.41, 5.74) is 0. The lowest BCUT2D eigenvalue weighted by atomic mass is 10.2. The molecule has 0 amide bonds. The summed E-state index contributed by atoms with van der Waals surface area (Å²) in [6.07, 6.45) is -0.00721. The number of methoxy groups -OCH3 is 1. The van der Waals surface area contributed by atoms with E-state index in [-0.39, 0.29) is 6.10 Å². The molecule has 1 unspecified atom stereocenters. The summed E-state index contributed by atoms with van der Waals surface area (Å²) in [5, 5.41) is 4.05. The Morgan fingerprint density at radius 1 is 1.28 bits per heavy atom. The van der Waals surface area contributed by atoms with Gasteiger partial charge in [0, 0.05) is 18.7 Å². The molecule has 102 valence electrons. The number of hydrogen-bond acceptors (Lipinski definition) is 3. The Morgan fingerprint density at radius 2 is 2.06 bits per heavy atom. The van der Waals surface area contributed by atoms with Crippen LogP contribution in [0.4, 0.5) is 0 Å². The number of ether oxygens (including phenoxy) is 2. The first-order valence-electron chi connectivity index (χ1n) is 6.23. The van der Waals surface area contributed by atoms with Crippen LogP contribution in [0.2, 0.25) is 5.02 Å². The third-order valence-corrected chi connectivity index (χ3v) is 2.61. The minimum absolute atomic E-state index is 0.00721. The van der Waals surface area contributed by atoms with Crippen molar-refractivity contribution < 1.29 is 9.47 Å². The SMILES string of the molecule is COCC(CNCC(C)C)Oc1cccc(Cl)c1. The summed E-state index contributed by atoms with van der Waals surface area (Å²) in [6.45, 7) is 6.64. The van der Waals surface area contributed by atoms with E-state index in [1.54, 1.807) is 7.11 Å². The molecule has 0 spiro atoms. The second-order valence-electron chi connectivity index (χ2n) is 4.70. The van der Waals surface area contributed by atoms with Gasteiger partial charge in [0.1, 0.15) is 11.9 Å². The van der Waals surface area contributed by atoms with Crippen LogP contribution in [-0.4, -0.2) is 32.9 Å². The molecule has 1 rings (SSSR count). The maximum absolute atomic E-state index is 5.92. The van der Waals surface area contributed by atoms with Crippen molar-refractivity contribution in [3.05, 3.63) is 29.3 Å². The summed E-state index contributed by atoms with van der Waals surface area (Å²) < 4.78 is 11.0. The van der Waals surface area contributed by atoms with Gasteiger partial charge in [-0.2, -0.15) is 0 Å². The molecule has 4 heteroatoms. The number of benzene rings is 1. The van der Waals surface area contributed by atoms with E-state index in [4.69, 9.17) is 21.1 Å². The Balaban J connectivity index is 2.46. The minimum atomic E-state index is -0.00721. The standard InChI is InChI=1S/C14H22ClNO2/c1-11(2)8-16-9-14(10-17-3)18-13-6-4-5-12(15)7-13/h4-7,11,14,16H,8-10H2,1-3H3. The molecule has 0 heterocycles. The van der Waals surface area contributed by atoms with E-state index in [9.17, 15) is 0 Å². The topological polar surface area (TPSA) is 30.5 Å². The van der Waals surface area contributed by atoms with E-state index in [0.717, 1.165) is 18.8 Å². The molecule has 1 aromatic carbocycles. The zero-order valence-corrected chi connectivity index (χ0v) is 12.0. The lowest BCUT2D eigenvalue weighted by Gasteiger charge is -2.19. The molecular weight excluding hydrogens is 250 g/mol. The molecule has 0 radical (unpaired) electrons. The second kappa shape index (κ2) is 8.35. The number of nitrogens with one attached hydrogen (secondary N) is 1. The van der Waals surface area contributed by atoms with Crippen molar-refractivity contribution in [2.45, 2.75) is 20.0 Å². The van der Waals surface area contributed by atoms with Crippen molar-refractivity contribution in [1.29, 1.82) is 0 Å². The van der Waals surface area contributed by atoms with Crippen LogP contribution >= 0.6 is 11.6 Å². The zero-order chi connectivity index (χ0) is 13.4. The lowest BCUT2D eigenvalue weighted by Crippen LogP contribution is -2.36. The molecule has 0 saturated heterocycles. The molecule has 0 bridgehead atoms. The number of rotatable bonds is 8. The fraction of sp³-hybridized carbons (Fsp3) is 0.571. The van der Waals surface area contributed by atoms with Gasteiger partial charge in [-0.25, -0.2) is 0 Å². The molecule has 0 saturated carbocycles. The highest BCUT2D eigenvalue weighted by Crippen LogP contribution is 2.18. The van der Waals surface area contributed by atoms with Gasteiger partial charge >= 0.3 is 0 Å². The van der Waals surface area contributed by atoms with Crippen molar-refractivity contribution in [2.24, 2.45) is 5.92 Å². The average Bonchev–Trinajstić information content (AvgIpc) is 2.28. The Bertz CT molecular complexity index is 344. The first kappa shape index (κ1) is 15.3. The summed E-state index contributed by atoms with van der Waals surface area (Å²) in [5.74, 6) is 1.40. The minimum Gasteiger partial charge on any atom is -0.487 e. The van der Waals surface area contributed by atoms with Crippen molar-refractivity contribution in [2.75, 3.05) is 26.8 Å². The van der Waals surface area contributed by atoms with Gasteiger partial charge < -0.3 is 14.8 Å². The van der Waals surface area contributed by atoms with Crippen molar-refractivity contribution in [3.8, 4) is 5.75 Å². The van der Waals surface area contributed by atoms with Crippen LogP contribution < -0.4 is 10.1 Å². The van der Waals surface area contributed by atoms with E-state index < -0.39 is 0 Å². The maximum atomic E-state index is 5.92. The summed E-state index contributed by atoms with van der Waals surface area (Å²) in [4.78, 5) is 0. The highest BCUT2D eigenvalue weighted by atomic mass is 35.5. The molecule has 3 nitrogen and oxygen atoms in total. The van der Waals surface area contributed by atoms with Crippen LogP contribution in [0.5, 0.6) is 5.75 Å². The monoisotopic (exact) mass is 271 g/mol. The van der Waals surface area contributed by atoms with Crippen LogP contribution in [0.3, 0.4) is 0 Å². The molecule has 0 fully saturated rings. The predicted octanol–water partition coefficient (Wildman–Crippen LogP) is 2.98. The quantitative estimate of drug-likeness (QED) is 0.789. The molecule has 1 N–H and O–H groups in total. The van der Waals surface area contributed by atoms with Crippen molar-refractivity contribution in [1.82, 2.24) is 5.32 Å². The van der Waals surface area contributed by atoms with Crippen molar-refractivity contribution in [3.63, 3.8) is 0 Å². The Hall–Kier alpha value is -0.770. The molecule has 0 aliphatic carbocycles. The highest BCUT2D eigenvalue weighted by molar-refractivity contribution is 6.30. The Kier molecular flexibility index (Phi) is 7.09. The van der Waals surface area contributed by atoms with Gasteiger partial charge in [-0.1, -0.05) is 31.5 Å². The highest BCUT2D eigenvalue weighted by Gasteiger charge is 2.10.